The Morgan fingerprint density at radius 2 is 1.27 bits per heavy atom. The molecule has 0 saturated heterocycles. The fraction of sp³-hybridized carbons (Fsp3) is 0.375. The van der Waals surface area contributed by atoms with E-state index >= 15 is 0 Å². The number of carbonyl (C=O) groups excluding carboxylic acids is 2. The molecule has 0 saturated carbocycles. The Morgan fingerprint density at radius 1 is 0.818 bits per heavy atom. The quantitative estimate of drug-likeness (QED) is 0.519. The van der Waals surface area contributed by atoms with Gasteiger partial charge in [0.1, 0.15) is 13.2 Å². The highest BCUT2D eigenvalue weighted by Crippen LogP contribution is 2.09. The summed E-state index contributed by atoms with van der Waals surface area (Å²) in [5.41, 5.74) is 2.28. The van der Waals surface area contributed by atoms with E-state index in [0.717, 1.165) is 11.1 Å². The maximum Gasteiger partial charge on any atom is 0.306 e. The predicted molar refractivity (Wildman–Crippen MR) is 87.2 cm³/mol. The van der Waals surface area contributed by atoms with Crippen LogP contribution in [0, 0.1) is 0 Å². The molecule has 0 unspecified atom stereocenters. The number of hydrogen-bond acceptors (Lipinski definition) is 6. The van der Waals surface area contributed by atoms with Crippen LogP contribution >= 0.6 is 22.7 Å². The molecule has 0 bridgehead atoms. The van der Waals surface area contributed by atoms with Gasteiger partial charge in [0, 0.05) is 12.8 Å². The standard InChI is InChI=1S/C16H18O4S2/c17-15(3-1-13-5-9-21-11-13)19-7-8-20-16(18)4-2-14-6-10-22-12-14/h5-6,9-12H,1-4,7-8H2. The van der Waals surface area contributed by atoms with Gasteiger partial charge in [0.25, 0.3) is 0 Å². The number of hydrogen-bond donors (Lipinski definition) is 0. The third kappa shape index (κ3) is 6.41. The molecule has 6 heteroatoms. The average molecular weight is 338 g/mol. The second-order valence-corrected chi connectivity index (χ2v) is 6.26. The van der Waals surface area contributed by atoms with E-state index in [1.165, 1.54) is 0 Å². The zero-order chi connectivity index (χ0) is 15.6. The normalized spacial score (nSPS) is 10.4. The molecule has 22 heavy (non-hydrogen) atoms. The smallest absolute Gasteiger partial charge is 0.306 e. The molecule has 2 aromatic rings. The molecule has 118 valence electrons. The monoisotopic (exact) mass is 338 g/mol. The number of esters is 2. The van der Waals surface area contributed by atoms with Gasteiger partial charge in [0.05, 0.1) is 0 Å². The van der Waals surface area contributed by atoms with Crippen LogP contribution in [0.2, 0.25) is 0 Å². The number of carbonyl (C=O) groups is 2. The Labute approximate surface area is 137 Å². The van der Waals surface area contributed by atoms with Gasteiger partial charge in [-0.05, 0) is 57.6 Å². The third-order valence-corrected chi connectivity index (χ3v) is 4.47. The van der Waals surface area contributed by atoms with Crippen molar-refractivity contribution in [3.8, 4) is 0 Å². The molecular weight excluding hydrogens is 320 g/mol. The minimum atomic E-state index is -0.263. The molecular formula is C16H18O4S2. The molecule has 0 atom stereocenters. The molecule has 2 heterocycles. The largest absolute Gasteiger partial charge is 0.462 e. The molecule has 0 spiro atoms. The van der Waals surface area contributed by atoms with E-state index in [0.29, 0.717) is 25.7 Å². The average Bonchev–Trinajstić information content (AvgIpc) is 3.20. The molecule has 0 aromatic carbocycles. The van der Waals surface area contributed by atoms with Gasteiger partial charge in [-0.1, -0.05) is 0 Å². The van der Waals surface area contributed by atoms with Crippen molar-refractivity contribution in [1.82, 2.24) is 0 Å². The van der Waals surface area contributed by atoms with E-state index in [1.54, 1.807) is 22.7 Å². The second-order valence-electron chi connectivity index (χ2n) is 4.70. The number of aryl methyl sites for hydroxylation is 2. The first-order valence-corrected chi connectivity index (χ1v) is 8.96. The zero-order valence-electron chi connectivity index (χ0n) is 12.2. The predicted octanol–water partition coefficient (Wildman–Crippen LogP) is 3.46. The van der Waals surface area contributed by atoms with Gasteiger partial charge in [-0.3, -0.25) is 9.59 Å². The van der Waals surface area contributed by atoms with E-state index in [9.17, 15) is 9.59 Å². The minimum Gasteiger partial charge on any atom is -0.462 e. The summed E-state index contributed by atoms with van der Waals surface area (Å²) >= 11 is 3.22. The Balaban J connectivity index is 1.49. The van der Waals surface area contributed by atoms with Crippen LogP contribution in [0.5, 0.6) is 0 Å². The SMILES string of the molecule is O=C(CCc1ccsc1)OCCOC(=O)CCc1ccsc1. The van der Waals surface area contributed by atoms with E-state index in [1.807, 2.05) is 33.7 Å². The lowest BCUT2D eigenvalue weighted by Gasteiger charge is -2.06. The maximum atomic E-state index is 11.5. The van der Waals surface area contributed by atoms with Crippen molar-refractivity contribution >= 4 is 34.6 Å². The van der Waals surface area contributed by atoms with Gasteiger partial charge < -0.3 is 9.47 Å². The lowest BCUT2D eigenvalue weighted by molar-refractivity contribution is -0.152. The lowest BCUT2D eigenvalue weighted by atomic mass is 10.2. The van der Waals surface area contributed by atoms with Gasteiger partial charge >= 0.3 is 11.9 Å². The summed E-state index contributed by atoms with van der Waals surface area (Å²) in [4.78, 5) is 23.0. The van der Waals surface area contributed by atoms with E-state index in [2.05, 4.69) is 0 Å². The Bertz CT molecular complexity index is 509. The van der Waals surface area contributed by atoms with Crippen molar-refractivity contribution in [1.29, 1.82) is 0 Å². The van der Waals surface area contributed by atoms with Crippen LogP contribution in [0.1, 0.15) is 24.0 Å². The molecule has 0 radical (unpaired) electrons. The van der Waals surface area contributed by atoms with Crippen molar-refractivity contribution in [2.45, 2.75) is 25.7 Å². The van der Waals surface area contributed by atoms with Gasteiger partial charge in [-0.15, -0.1) is 0 Å². The summed E-state index contributed by atoms with van der Waals surface area (Å²) < 4.78 is 10.1. The van der Waals surface area contributed by atoms with Gasteiger partial charge in [-0.25, -0.2) is 0 Å². The van der Waals surface area contributed by atoms with Gasteiger partial charge in [-0.2, -0.15) is 22.7 Å². The first kappa shape index (κ1) is 16.7. The molecule has 2 aromatic heterocycles. The summed E-state index contributed by atoms with van der Waals surface area (Å²) in [7, 11) is 0. The summed E-state index contributed by atoms with van der Waals surface area (Å²) in [5, 5.41) is 8.00. The summed E-state index contributed by atoms with van der Waals surface area (Å²) in [6.07, 6.45) is 2.07. The summed E-state index contributed by atoms with van der Waals surface area (Å²) in [6.45, 7) is 0.235. The highest BCUT2D eigenvalue weighted by molar-refractivity contribution is 7.08. The van der Waals surface area contributed by atoms with E-state index in [4.69, 9.17) is 9.47 Å². The molecule has 0 amide bonds. The van der Waals surface area contributed by atoms with Crippen molar-refractivity contribution < 1.29 is 19.1 Å². The second kappa shape index (κ2) is 9.38. The fourth-order valence-corrected chi connectivity index (χ4v) is 3.22. The van der Waals surface area contributed by atoms with Crippen molar-refractivity contribution in [2.24, 2.45) is 0 Å². The fourth-order valence-electron chi connectivity index (χ4n) is 1.82. The highest BCUT2D eigenvalue weighted by atomic mass is 32.1. The Kier molecular flexibility index (Phi) is 7.12. The van der Waals surface area contributed by atoms with Crippen molar-refractivity contribution in [2.75, 3.05) is 13.2 Å². The molecule has 0 aliphatic rings. The Hall–Kier alpha value is -1.66. The van der Waals surface area contributed by atoms with E-state index in [-0.39, 0.29) is 25.2 Å². The summed E-state index contributed by atoms with van der Waals surface area (Å²) in [6, 6.07) is 3.99. The van der Waals surface area contributed by atoms with Crippen LogP contribution in [-0.4, -0.2) is 25.2 Å². The van der Waals surface area contributed by atoms with Gasteiger partial charge in [0.2, 0.25) is 0 Å². The van der Waals surface area contributed by atoms with Crippen molar-refractivity contribution in [3.63, 3.8) is 0 Å². The first-order chi connectivity index (χ1) is 10.7. The Morgan fingerprint density at radius 3 is 1.64 bits per heavy atom. The summed E-state index contributed by atoms with van der Waals surface area (Å²) in [5.74, 6) is -0.527. The number of thiophene rings is 2. The highest BCUT2D eigenvalue weighted by Gasteiger charge is 2.06. The lowest BCUT2D eigenvalue weighted by Crippen LogP contribution is -2.14. The van der Waals surface area contributed by atoms with Crippen LogP contribution in [0.15, 0.2) is 33.7 Å². The zero-order valence-corrected chi connectivity index (χ0v) is 13.8. The van der Waals surface area contributed by atoms with Crippen LogP contribution < -0.4 is 0 Å². The van der Waals surface area contributed by atoms with Gasteiger partial charge in [0.15, 0.2) is 0 Å². The molecule has 2 rings (SSSR count). The molecule has 0 fully saturated rings. The molecule has 0 aliphatic heterocycles. The maximum absolute atomic E-state index is 11.5. The third-order valence-electron chi connectivity index (χ3n) is 3.01. The first-order valence-electron chi connectivity index (χ1n) is 7.07. The number of ether oxygens (including phenoxy) is 2. The number of rotatable bonds is 9. The van der Waals surface area contributed by atoms with Crippen LogP contribution in [-0.2, 0) is 31.9 Å². The molecule has 4 nitrogen and oxygen atoms in total. The van der Waals surface area contributed by atoms with Crippen LogP contribution in [0.25, 0.3) is 0 Å². The van der Waals surface area contributed by atoms with Crippen molar-refractivity contribution in [3.05, 3.63) is 44.8 Å². The van der Waals surface area contributed by atoms with E-state index < -0.39 is 0 Å². The van der Waals surface area contributed by atoms with Crippen LogP contribution in [0.3, 0.4) is 0 Å². The minimum absolute atomic E-state index is 0.118. The molecule has 0 aliphatic carbocycles. The molecule has 0 N–H and O–H groups in total. The topological polar surface area (TPSA) is 52.6 Å². The van der Waals surface area contributed by atoms with Crippen LogP contribution in [0.4, 0.5) is 0 Å².